The van der Waals surface area contributed by atoms with Crippen LogP contribution in [-0.4, -0.2) is 0 Å². The summed E-state index contributed by atoms with van der Waals surface area (Å²) in [4.78, 5) is 0. The highest BCUT2D eigenvalue weighted by Gasteiger charge is 2.11. The van der Waals surface area contributed by atoms with E-state index in [1.165, 1.54) is 12.1 Å². The summed E-state index contributed by atoms with van der Waals surface area (Å²) in [7, 11) is 0. The maximum Gasteiger partial charge on any atom is 0.181 e. The van der Waals surface area contributed by atoms with Gasteiger partial charge in [-0.3, -0.25) is 0 Å². The summed E-state index contributed by atoms with van der Waals surface area (Å²) in [6.07, 6.45) is 0. The second-order valence-electron chi connectivity index (χ2n) is 4.02. The molecule has 0 heterocycles. The highest BCUT2D eigenvalue weighted by Crippen LogP contribution is 2.24. The Bertz CT molecular complexity index is 557. The Morgan fingerprint density at radius 2 is 1.83 bits per heavy atom. The van der Waals surface area contributed by atoms with E-state index in [9.17, 15) is 8.78 Å². The summed E-state index contributed by atoms with van der Waals surface area (Å²) >= 11 is 3.38. The highest BCUT2D eigenvalue weighted by molar-refractivity contribution is 9.10. The molecule has 94 valence electrons. The first-order chi connectivity index (χ1) is 8.58. The molecule has 18 heavy (non-hydrogen) atoms. The van der Waals surface area contributed by atoms with Crippen LogP contribution in [0, 0.1) is 11.6 Å². The van der Waals surface area contributed by atoms with Crippen molar-refractivity contribution >= 4 is 21.6 Å². The van der Waals surface area contributed by atoms with Crippen LogP contribution >= 0.6 is 15.9 Å². The normalized spacial score (nSPS) is 12.2. The van der Waals surface area contributed by atoms with Crippen LogP contribution in [0.3, 0.4) is 0 Å². The van der Waals surface area contributed by atoms with Crippen molar-refractivity contribution in [2.45, 2.75) is 13.0 Å². The van der Waals surface area contributed by atoms with Crippen molar-refractivity contribution in [2.24, 2.45) is 0 Å². The molecule has 0 saturated heterocycles. The van der Waals surface area contributed by atoms with Crippen molar-refractivity contribution in [1.82, 2.24) is 0 Å². The molecular formula is C14H12BrF2N. The zero-order valence-electron chi connectivity index (χ0n) is 9.75. The van der Waals surface area contributed by atoms with E-state index in [1.807, 2.05) is 31.2 Å². The van der Waals surface area contributed by atoms with Crippen LogP contribution in [0.15, 0.2) is 46.9 Å². The standard InChI is InChI=1S/C14H12BrF2N/c1-9(10-4-2-5-11(15)8-10)18-13-7-3-6-12(16)14(13)17/h2-9,18H,1H3. The SMILES string of the molecule is CC(Nc1cccc(F)c1F)c1cccc(Br)c1. The van der Waals surface area contributed by atoms with Gasteiger partial charge in [0.2, 0.25) is 0 Å². The quantitative estimate of drug-likeness (QED) is 0.850. The third kappa shape index (κ3) is 2.88. The molecule has 0 radical (unpaired) electrons. The van der Waals surface area contributed by atoms with Gasteiger partial charge in [-0.05, 0) is 36.8 Å². The van der Waals surface area contributed by atoms with Crippen molar-refractivity contribution in [1.29, 1.82) is 0 Å². The molecule has 0 aliphatic heterocycles. The molecule has 0 spiro atoms. The highest BCUT2D eigenvalue weighted by atomic mass is 79.9. The molecule has 2 aromatic carbocycles. The van der Waals surface area contributed by atoms with E-state index >= 15 is 0 Å². The number of anilines is 1. The molecule has 0 bridgehead atoms. The fraction of sp³-hybridized carbons (Fsp3) is 0.143. The van der Waals surface area contributed by atoms with Crippen molar-refractivity contribution < 1.29 is 8.78 Å². The number of halogens is 3. The molecule has 1 atom stereocenters. The van der Waals surface area contributed by atoms with Gasteiger partial charge in [0, 0.05) is 10.5 Å². The van der Waals surface area contributed by atoms with Gasteiger partial charge in [0.25, 0.3) is 0 Å². The van der Waals surface area contributed by atoms with Gasteiger partial charge >= 0.3 is 0 Å². The Kier molecular flexibility index (Phi) is 3.97. The Morgan fingerprint density at radius 3 is 2.56 bits per heavy atom. The monoisotopic (exact) mass is 311 g/mol. The fourth-order valence-electron chi connectivity index (χ4n) is 1.71. The van der Waals surface area contributed by atoms with Crippen LogP contribution < -0.4 is 5.32 Å². The lowest BCUT2D eigenvalue weighted by Gasteiger charge is -2.16. The maximum absolute atomic E-state index is 13.5. The van der Waals surface area contributed by atoms with Gasteiger partial charge in [0.05, 0.1) is 5.69 Å². The third-order valence-corrected chi connectivity index (χ3v) is 3.17. The average Bonchev–Trinajstić information content (AvgIpc) is 2.35. The van der Waals surface area contributed by atoms with Gasteiger partial charge in [-0.1, -0.05) is 34.1 Å². The van der Waals surface area contributed by atoms with E-state index in [2.05, 4.69) is 21.2 Å². The molecule has 0 aliphatic carbocycles. The van der Waals surface area contributed by atoms with E-state index in [0.717, 1.165) is 16.1 Å². The molecule has 0 saturated carbocycles. The number of benzene rings is 2. The Hall–Kier alpha value is -1.42. The summed E-state index contributed by atoms with van der Waals surface area (Å²) in [6.45, 7) is 1.89. The molecule has 0 aliphatic rings. The van der Waals surface area contributed by atoms with Gasteiger partial charge in [0.15, 0.2) is 11.6 Å². The van der Waals surface area contributed by atoms with Gasteiger partial charge in [-0.25, -0.2) is 8.78 Å². The molecule has 4 heteroatoms. The lowest BCUT2D eigenvalue weighted by Crippen LogP contribution is -2.08. The second-order valence-corrected chi connectivity index (χ2v) is 4.94. The van der Waals surface area contributed by atoms with E-state index < -0.39 is 11.6 Å². The van der Waals surface area contributed by atoms with Crippen LogP contribution in [0.5, 0.6) is 0 Å². The van der Waals surface area contributed by atoms with E-state index in [1.54, 1.807) is 0 Å². The van der Waals surface area contributed by atoms with Gasteiger partial charge in [-0.2, -0.15) is 0 Å². The van der Waals surface area contributed by atoms with Crippen LogP contribution in [0.4, 0.5) is 14.5 Å². The topological polar surface area (TPSA) is 12.0 Å². The molecular weight excluding hydrogens is 300 g/mol. The lowest BCUT2D eigenvalue weighted by molar-refractivity contribution is 0.510. The minimum atomic E-state index is -0.848. The molecule has 0 fully saturated rings. The first-order valence-electron chi connectivity index (χ1n) is 5.54. The summed E-state index contributed by atoms with van der Waals surface area (Å²) in [5.74, 6) is -1.69. The number of hydrogen-bond donors (Lipinski definition) is 1. The van der Waals surface area contributed by atoms with Crippen molar-refractivity contribution in [3.05, 3.63) is 64.1 Å². The number of hydrogen-bond acceptors (Lipinski definition) is 1. The minimum absolute atomic E-state index is 0.112. The molecule has 0 amide bonds. The van der Waals surface area contributed by atoms with Crippen LogP contribution in [-0.2, 0) is 0 Å². The molecule has 2 rings (SSSR count). The van der Waals surface area contributed by atoms with Gasteiger partial charge < -0.3 is 5.32 Å². The van der Waals surface area contributed by atoms with E-state index in [4.69, 9.17) is 0 Å². The van der Waals surface area contributed by atoms with Crippen molar-refractivity contribution in [3.8, 4) is 0 Å². The largest absolute Gasteiger partial charge is 0.376 e. The van der Waals surface area contributed by atoms with Crippen LogP contribution in [0.1, 0.15) is 18.5 Å². The molecule has 2 aromatic rings. The zero-order valence-corrected chi connectivity index (χ0v) is 11.3. The predicted octanol–water partition coefficient (Wildman–Crippen LogP) is 4.90. The first-order valence-corrected chi connectivity index (χ1v) is 6.33. The summed E-state index contributed by atoms with van der Waals surface area (Å²) in [5.41, 5.74) is 1.16. The molecule has 1 nitrogen and oxygen atoms in total. The lowest BCUT2D eigenvalue weighted by atomic mass is 10.1. The van der Waals surface area contributed by atoms with Gasteiger partial charge in [-0.15, -0.1) is 0 Å². The van der Waals surface area contributed by atoms with E-state index in [-0.39, 0.29) is 11.7 Å². The number of nitrogens with one attached hydrogen (secondary N) is 1. The molecule has 1 N–H and O–H groups in total. The van der Waals surface area contributed by atoms with E-state index in [0.29, 0.717) is 0 Å². The number of rotatable bonds is 3. The summed E-state index contributed by atoms with van der Waals surface area (Å²) in [6, 6.07) is 11.7. The smallest absolute Gasteiger partial charge is 0.181 e. The second kappa shape index (κ2) is 5.48. The molecule has 1 unspecified atom stereocenters. The van der Waals surface area contributed by atoms with Crippen LogP contribution in [0.25, 0.3) is 0 Å². The summed E-state index contributed by atoms with van der Waals surface area (Å²) in [5, 5.41) is 2.96. The van der Waals surface area contributed by atoms with Crippen molar-refractivity contribution in [3.63, 3.8) is 0 Å². The first kappa shape index (κ1) is 13.0. The minimum Gasteiger partial charge on any atom is -0.376 e. The average molecular weight is 312 g/mol. The predicted molar refractivity (Wildman–Crippen MR) is 72.5 cm³/mol. The summed E-state index contributed by atoms with van der Waals surface area (Å²) < 4.78 is 27.5. The Labute approximate surface area is 113 Å². The Balaban J connectivity index is 2.21. The van der Waals surface area contributed by atoms with Crippen LogP contribution in [0.2, 0.25) is 0 Å². The maximum atomic E-state index is 13.5. The van der Waals surface area contributed by atoms with Gasteiger partial charge in [0.1, 0.15) is 0 Å². The zero-order chi connectivity index (χ0) is 13.1. The molecule has 0 aromatic heterocycles. The Morgan fingerprint density at radius 1 is 1.11 bits per heavy atom. The van der Waals surface area contributed by atoms with Crippen molar-refractivity contribution in [2.75, 3.05) is 5.32 Å². The third-order valence-electron chi connectivity index (χ3n) is 2.67. The fourth-order valence-corrected chi connectivity index (χ4v) is 2.12.